The van der Waals surface area contributed by atoms with Gasteiger partial charge in [0, 0.05) is 31.1 Å². The van der Waals surface area contributed by atoms with Crippen molar-refractivity contribution in [2.75, 3.05) is 20.3 Å². The molecule has 0 bridgehead atoms. The second kappa shape index (κ2) is 8.58. The van der Waals surface area contributed by atoms with Gasteiger partial charge in [0.2, 0.25) is 0 Å². The van der Waals surface area contributed by atoms with E-state index in [2.05, 4.69) is 4.98 Å². The van der Waals surface area contributed by atoms with E-state index < -0.39 is 10.2 Å². The van der Waals surface area contributed by atoms with Crippen LogP contribution in [0.25, 0.3) is 0 Å². The van der Waals surface area contributed by atoms with Crippen LogP contribution >= 0.6 is 11.3 Å². The zero-order valence-electron chi connectivity index (χ0n) is 15.2. The van der Waals surface area contributed by atoms with E-state index >= 15 is 0 Å². The highest BCUT2D eigenvalue weighted by Gasteiger charge is 2.38. The molecule has 8 heteroatoms. The summed E-state index contributed by atoms with van der Waals surface area (Å²) in [6, 6.07) is 9.62. The first-order valence-corrected chi connectivity index (χ1v) is 11.0. The van der Waals surface area contributed by atoms with Gasteiger partial charge in [-0.2, -0.15) is 17.0 Å². The van der Waals surface area contributed by atoms with Crippen LogP contribution in [0.2, 0.25) is 0 Å². The first-order chi connectivity index (χ1) is 12.5. The molecule has 0 N–H and O–H groups in total. The van der Waals surface area contributed by atoms with Gasteiger partial charge in [-0.15, -0.1) is 11.3 Å². The minimum Gasteiger partial charge on any atom is -0.383 e. The third-order valence-corrected chi connectivity index (χ3v) is 7.58. The van der Waals surface area contributed by atoms with E-state index in [0.29, 0.717) is 26.2 Å². The van der Waals surface area contributed by atoms with Crippen molar-refractivity contribution in [1.29, 1.82) is 0 Å². The third kappa shape index (κ3) is 4.32. The van der Waals surface area contributed by atoms with Crippen LogP contribution in [0.5, 0.6) is 0 Å². The maximum atomic E-state index is 13.4. The smallest absolute Gasteiger partial charge is 0.282 e. The van der Waals surface area contributed by atoms with E-state index in [-0.39, 0.29) is 6.04 Å². The van der Waals surface area contributed by atoms with Gasteiger partial charge in [-0.05, 0) is 25.3 Å². The fourth-order valence-corrected chi connectivity index (χ4v) is 5.94. The number of rotatable bonds is 8. The van der Waals surface area contributed by atoms with E-state index in [1.807, 2.05) is 37.3 Å². The lowest BCUT2D eigenvalue weighted by molar-refractivity contribution is 0.145. The van der Waals surface area contributed by atoms with Crippen molar-refractivity contribution >= 4 is 21.5 Å². The molecule has 2 aromatic rings. The predicted octanol–water partition coefficient (Wildman–Crippen LogP) is 2.81. The summed E-state index contributed by atoms with van der Waals surface area (Å²) in [4.78, 5) is 5.24. The van der Waals surface area contributed by atoms with Gasteiger partial charge >= 0.3 is 0 Å². The molecule has 0 spiro atoms. The van der Waals surface area contributed by atoms with Gasteiger partial charge in [-0.3, -0.25) is 0 Å². The fraction of sp³-hybridized carbons (Fsp3) is 0.500. The molecule has 1 aliphatic heterocycles. The number of methoxy groups -OCH3 is 1. The minimum absolute atomic E-state index is 0.0918. The Balaban J connectivity index is 1.89. The molecule has 0 saturated carbocycles. The Morgan fingerprint density at radius 1 is 1.31 bits per heavy atom. The lowest BCUT2D eigenvalue weighted by Gasteiger charge is -2.30. The zero-order valence-corrected chi connectivity index (χ0v) is 16.8. The molecule has 2 heterocycles. The van der Waals surface area contributed by atoms with Gasteiger partial charge < -0.3 is 4.74 Å². The van der Waals surface area contributed by atoms with Crippen molar-refractivity contribution in [3.05, 3.63) is 52.0 Å². The van der Waals surface area contributed by atoms with Crippen LogP contribution in [0.4, 0.5) is 0 Å². The fourth-order valence-electron chi connectivity index (χ4n) is 3.26. The highest BCUT2D eigenvalue weighted by molar-refractivity contribution is 7.86. The zero-order chi connectivity index (χ0) is 18.6. The first-order valence-electron chi connectivity index (χ1n) is 8.71. The van der Waals surface area contributed by atoms with Crippen LogP contribution in [-0.2, 0) is 28.0 Å². The maximum absolute atomic E-state index is 13.4. The molecule has 0 aliphatic carbocycles. The Morgan fingerprint density at radius 2 is 2.08 bits per heavy atom. The number of ether oxygens (including phenoxy) is 1. The lowest BCUT2D eigenvalue weighted by Crippen LogP contribution is -2.46. The van der Waals surface area contributed by atoms with Gasteiger partial charge in [-0.25, -0.2) is 4.98 Å². The summed E-state index contributed by atoms with van der Waals surface area (Å²) in [7, 11) is -1.98. The number of hydrogen-bond acceptors (Lipinski definition) is 5. The molecular weight excluding hydrogens is 370 g/mol. The number of nitrogens with zero attached hydrogens (tertiary/aromatic N) is 3. The van der Waals surface area contributed by atoms with E-state index in [4.69, 9.17) is 4.74 Å². The van der Waals surface area contributed by atoms with Crippen LogP contribution in [0.1, 0.15) is 29.0 Å². The highest BCUT2D eigenvalue weighted by Crippen LogP contribution is 2.27. The van der Waals surface area contributed by atoms with E-state index in [0.717, 1.165) is 29.0 Å². The van der Waals surface area contributed by atoms with Gasteiger partial charge in [0.15, 0.2) is 0 Å². The van der Waals surface area contributed by atoms with Crippen molar-refractivity contribution in [2.45, 2.75) is 38.9 Å². The normalized spacial score (nSPS) is 18.7. The molecule has 1 unspecified atom stereocenters. The summed E-state index contributed by atoms with van der Waals surface area (Å²) in [6.45, 7) is 3.57. The Bertz CT molecular complexity index is 808. The number of hydrogen-bond donors (Lipinski definition) is 0. The molecule has 0 amide bonds. The highest BCUT2D eigenvalue weighted by atomic mass is 32.2. The summed E-state index contributed by atoms with van der Waals surface area (Å²) in [5.41, 5.74) is 3.63. The largest absolute Gasteiger partial charge is 0.383 e. The van der Waals surface area contributed by atoms with E-state index in [1.165, 1.54) is 11.3 Å². The second-order valence-corrected chi connectivity index (χ2v) is 9.30. The molecule has 6 nitrogen and oxygen atoms in total. The van der Waals surface area contributed by atoms with Crippen molar-refractivity contribution < 1.29 is 13.2 Å². The maximum Gasteiger partial charge on any atom is 0.282 e. The van der Waals surface area contributed by atoms with Crippen LogP contribution < -0.4 is 0 Å². The molecule has 0 radical (unpaired) electrons. The molecule has 142 valence electrons. The molecule has 1 saturated heterocycles. The Kier molecular flexibility index (Phi) is 6.42. The van der Waals surface area contributed by atoms with Gasteiger partial charge in [0.1, 0.15) is 0 Å². The summed E-state index contributed by atoms with van der Waals surface area (Å²) in [5.74, 6) is 0. The van der Waals surface area contributed by atoms with Crippen molar-refractivity contribution in [1.82, 2.24) is 13.6 Å². The number of benzene rings is 1. The standard InChI is InChI=1S/C18H25N3O3S2/c1-15-18(25-14-19-15)12-20(11-16-7-4-3-5-8-16)26(22,23)21-10-6-9-17(21)13-24-2/h3-5,7-8,14,17H,6,9-13H2,1-2H3. The number of thiazole rings is 1. The van der Waals surface area contributed by atoms with Crippen LogP contribution in [0.3, 0.4) is 0 Å². The van der Waals surface area contributed by atoms with Gasteiger partial charge in [0.25, 0.3) is 10.2 Å². The predicted molar refractivity (Wildman–Crippen MR) is 103 cm³/mol. The summed E-state index contributed by atoms with van der Waals surface area (Å²) in [5, 5.41) is 0. The molecule has 1 aromatic heterocycles. The van der Waals surface area contributed by atoms with E-state index in [1.54, 1.807) is 21.2 Å². The molecular formula is C18H25N3O3S2. The summed E-state index contributed by atoms with van der Waals surface area (Å²) < 4.78 is 35.3. The number of aromatic nitrogens is 1. The Morgan fingerprint density at radius 3 is 2.73 bits per heavy atom. The molecule has 1 atom stereocenters. The van der Waals surface area contributed by atoms with Crippen LogP contribution in [-0.4, -0.2) is 48.3 Å². The molecule has 26 heavy (non-hydrogen) atoms. The Hall–Kier alpha value is -1.32. The van der Waals surface area contributed by atoms with Crippen LogP contribution in [0.15, 0.2) is 35.8 Å². The molecule has 1 aromatic carbocycles. The SMILES string of the molecule is COCC1CCCN1S(=O)(=O)N(Cc1ccccc1)Cc1scnc1C. The first kappa shape index (κ1) is 19.4. The summed E-state index contributed by atoms with van der Waals surface area (Å²) >= 11 is 1.50. The second-order valence-electron chi connectivity index (χ2n) is 6.48. The summed E-state index contributed by atoms with van der Waals surface area (Å²) in [6.07, 6.45) is 1.71. The van der Waals surface area contributed by atoms with Gasteiger partial charge in [-0.1, -0.05) is 30.3 Å². The average molecular weight is 396 g/mol. The monoisotopic (exact) mass is 395 g/mol. The molecule has 1 fully saturated rings. The van der Waals surface area contributed by atoms with Crippen molar-refractivity contribution in [3.63, 3.8) is 0 Å². The quantitative estimate of drug-likeness (QED) is 0.690. The van der Waals surface area contributed by atoms with E-state index in [9.17, 15) is 8.42 Å². The van der Waals surface area contributed by atoms with Crippen molar-refractivity contribution in [3.8, 4) is 0 Å². The topological polar surface area (TPSA) is 62.7 Å². The lowest BCUT2D eigenvalue weighted by atomic mass is 10.2. The minimum atomic E-state index is -3.60. The number of aryl methyl sites for hydroxylation is 1. The van der Waals surface area contributed by atoms with Gasteiger partial charge in [0.05, 0.1) is 24.4 Å². The van der Waals surface area contributed by atoms with Crippen LogP contribution in [0, 0.1) is 6.92 Å². The van der Waals surface area contributed by atoms with Crippen molar-refractivity contribution in [2.24, 2.45) is 0 Å². The average Bonchev–Trinajstić information content (AvgIpc) is 3.25. The third-order valence-electron chi connectivity index (χ3n) is 4.67. The molecule has 1 aliphatic rings. The molecule has 3 rings (SSSR count). The Labute approximate surface area is 159 Å².